The Balaban J connectivity index is 1.83. The fraction of sp³-hybridized carbons (Fsp3) is 0.533. The van der Waals surface area contributed by atoms with Crippen LogP contribution in [0.4, 0.5) is 5.69 Å². The molecule has 1 heterocycles. The molecule has 0 unspecified atom stereocenters. The highest BCUT2D eigenvalue weighted by atomic mass is 16.3. The molecule has 0 aliphatic carbocycles. The van der Waals surface area contributed by atoms with Crippen molar-refractivity contribution in [2.45, 2.75) is 25.7 Å². The standard InChI is InChI=1S/C15H22N2O2/c1-17(13-3-5-14(18)6-4-13)15(19)7-2-12-8-10-16-11-9-12/h3-6,12,16,18H,2,7-11H2,1H3. The number of nitrogens with one attached hydrogen (secondary N) is 1. The molecule has 2 rings (SSSR count). The van der Waals surface area contributed by atoms with Crippen molar-refractivity contribution in [3.05, 3.63) is 24.3 Å². The largest absolute Gasteiger partial charge is 0.508 e. The highest BCUT2D eigenvalue weighted by Gasteiger charge is 2.16. The second-order valence-corrected chi connectivity index (χ2v) is 5.20. The number of hydrogen-bond acceptors (Lipinski definition) is 3. The molecule has 19 heavy (non-hydrogen) atoms. The number of benzene rings is 1. The van der Waals surface area contributed by atoms with Gasteiger partial charge in [-0.2, -0.15) is 0 Å². The molecule has 1 aliphatic heterocycles. The number of carbonyl (C=O) groups is 1. The number of rotatable bonds is 4. The third-order valence-electron chi connectivity index (χ3n) is 3.84. The van der Waals surface area contributed by atoms with Crippen LogP contribution in [0.3, 0.4) is 0 Å². The molecule has 1 aromatic rings. The number of amides is 1. The van der Waals surface area contributed by atoms with Crippen molar-refractivity contribution in [2.24, 2.45) is 5.92 Å². The van der Waals surface area contributed by atoms with E-state index in [9.17, 15) is 9.90 Å². The van der Waals surface area contributed by atoms with Gasteiger partial charge in [0, 0.05) is 19.2 Å². The predicted octanol–water partition coefficient (Wildman–Crippen LogP) is 2.13. The Morgan fingerprint density at radius 1 is 1.32 bits per heavy atom. The van der Waals surface area contributed by atoms with E-state index in [1.807, 2.05) is 0 Å². The fourth-order valence-corrected chi connectivity index (χ4v) is 2.49. The third-order valence-corrected chi connectivity index (χ3v) is 3.84. The highest BCUT2D eigenvalue weighted by Crippen LogP contribution is 2.21. The van der Waals surface area contributed by atoms with Gasteiger partial charge < -0.3 is 15.3 Å². The van der Waals surface area contributed by atoms with Crippen LogP contribution < -0.4 is 10.2 Å². The lowest BCUT2D eigenvalue weighted by Crippen LogP contribution is -2.30. The number of piperidine rings is 1. The Morgan fingerprint density at radius 3 is 2.58 bits per heavy atom. The summed E-state index contributed by atoms with van der Waals surface area (Å²) in [5.74, 6) is 1.04. The van der Waals surface area contributed by atoms with E-state index in [1.165, 1.54) is 12.8 Å². The van der Waals surface area contributed by atoms with E-state index in [1.54, 1.807) is 36.2 Å². The van der Waals surface area contributed by atoms with Crippen LogP contribution in [0.1, 0.15) is 25.7 Å². The molecule has 0 aromatic heterocycles. The van der Waals surface area contributed by atoms with Gasteiger partial charge in [0.2, 0.25) is 5.91 Å². The zero-order chi connectivity index (χ0) is 13.7. The number of hydrogen-bond donors (Lipinski definition) is 2. The van der Waals surface area contributed by atoms with Crippen LogP contribution in [0.15, 0.2) is 24.3 Å². The number of aromatic hydroxyl groups is 1. The number of phenols is 1. The van der Waals surface area contributed by atoms with Gasteiger partial charge in [-0.25, -0.2) is 0 Å². The van der Waals surface area contributed by atoms with Gasteiger partial charge in [-0.15, -0.1) is 0 Å². The van der Waals surface area contributed by atoms with Crippen molar-refractivity contribution in [2.75, 3.05) is 25.0 Å². The first kappa shape index (κ1) is 13.9. The van der Waals surface area contributed by atoms with Gasteiger partial charge in [0.15, 0.2) is 0 Å². The molecular weight excluding hydrogens is 240 g/mol. The molecule has 0 radical (unpaired) electrons. The van der Waals surface area contributed by atoms with Crippen LogP contribution in [-0.4, -0.2) is 31.2 Å². The van der Waals surface area contributed by atoms with Crippen molar-refractivity contribution in [3.63, 3.8) is 0 Å². The van der Waals surface area contributed by atoms with E-state index in [0.717, 1.165) is 25.2 Å². The lowest BCUT2D eigenvalue weighted by atomic mass is 9.93. The van der Waals surface area contributed by atoms with E-state index < -0.39 is 0 Å². The van der Waals surface area contributed by atoms with Crippen LogP contribution in [0.25, 0.3) is 0 Å². The molecule has 4 nitrogen and oxygen atoms in total. The van der Waals surface area contributed by atoms with Crippen LogP contribution in [0.5, 0.6) is 5.75 Å². The van der Waals surface area contributed by atoms with Crippen molar-refractivity contribution >= 4 is 11.6 Å². The summed E-state index contributed by atoms with van der Waals surface area (Å²) in [6, 6.07) is 6.73. The van der Waals surface area contributed by atoms with Gasteiger partial charge in [0.1, 0.15) is 5.75 Å². The summed E-state index contributed by atoms with van der Waals surface area (Å²) in [5, 5.41) is 12.6. The van der Waals surface area contributed by atoms with Gasteiger partial charge in [-0.3, -0.25) is 4.79 Å². The maximum absolute atomic E-state index is 12.1. The van der Waals surface area contributed by atoms with Gasteiger partial charge in [0.05, 0.1) is 0 Å². The monoisotopic (exact) mass is 262 g/mol. The van der Waals surface area contributed by atoms with Gasteiger partial charge >= 0.3 is 0 Å². The summed E-state index contributed by atoms with van der Waals surface area (Å²) in [7, 11) is 1.79. The van der Waals surface area contributed by atoms with Crippen molar-refractivity contribution in [1.82, 2.24) is 5.32 Å². The summed E-state index contributed by atoms with van der Waals surface area (Å²) in [5.41, 5.74) is 0.827. The summed E-state index contributed by atoms with van der Waals surface area (Å²) >= 11 is 0. The lowest BCUT2D eigenvalue weighted by Gasteiger charge is -2.23. The first-order chi connectivity index (χ1) is 9.16. The van der Waals surface area contributed by atoms with Crippen LogP contribution >= 0.6 is 0 Å². The number of anilines is 1. The Labute approximate surface area is 114 Å². The predicted molar refractivity (Wildman–Crippen MR) is 76.3 cm³/mol. The van der Waals surface area contributed by atoms with Gasteiger partial charge in [0.25, 0.3) is 0 Å². The Morgan fingerprint density at radius 2 is 1.95 bits per heavy atom. The second-order valence-electron chi connectivity index (χ2n) is 5.20. The molecule has 4 heteroatoms. The Kier molecular flexibility index (Phi) is 4.80. The number of nitrogens with zero attached hydrogens (tertiary/aromatic N) is 1. The average Bonchev–Trinajstić information content (AvgIpc) is 2.46. The summed E-state index contributed by atoms with van der Waals surface area (Å²) in [6.07, 6.45) is 3.93. The fourth-order valence-electron chi connectivity index (χ4n) is 2.49. The smallest absolute Gasteiger partial charge is 0.226 e. The molecule has 1 amide bonds. The number of phenolic OH excluding ortho intramolecular Hbond substituents is 1. The molecule has 1 saturated heterocycles. The van der Waals surface area contributed by atoms with Crippen molar-refractivity contribution in [1.29, 1.82) is 0 Å². The van der Waals surface area contributed by atoms with Crippen molar-refractivity contribution < 1.29 is 9.90 Å². The molecule has 1 aliphatic rings. The van der Waals surface area contributed by atoms with Crippen LogP contribution in [-0.2, 0) is 4.79 Å². The Hall–Kier alpha value is -1.55. The topological polar surface area (TPSA) is 52.6 Å². The molecule has 0 saturated carbocycles. The summed E-state index contributed by atoms with van der Waals surface area (Å²) in [6.45, 7) is 2.15. The second kappa shape index (κ2) is 6.57. The van der Waals surface area contributed by atoms with Crippen LogP contribution in [0, 0.1) is 5.92 Å². The van der Waals surface area contributed by atoms with E-state index in [-0.39, 0.29) is 11.7 Å². The van der Waals surface area contributed by atoms with E-state index >= 15 is 0 Å². The molecule has 2 N–H and O–H groups in total. The third kappa shape index (κ3) is 3.96. The molecule has 1 fully saturated rings. The average molecular weight is 262 g/mol. The summed E-state index contributed by atoms with van der Waals surface area (Å²) in [4.78, 5) is 13.8. The molecule has 0 atom stereocenters. The number of carbonyl (C=O) groups excluding carboxylic acids is 1. The normalized spacial score (nSPS) is 16.3. The minimum Gasteiger partial charge on any atom is -0.508 e. The minimum absolute atomic E-state index is 0.143. The van der Waals surface area contributed by atoms with E-state index in [2.05, 4.69) is 5.32 Å². The first-order valence-electron chi connectivity index (χ1n) is 6.93. The van der Waals surface area contributed by atoms with Crippen LogP contribution in [0.2, 0.25) is 0 Å². The maximum Gasteiger partial charge on any atom is 0.226 e. The van der Waals surface area contributed by atoms with E-state index in [4.69, 9.17) is 0 Å². The highest BCUT2D eigenvalue weighted by molar-refractivity contribution is 5.92. The lowest BCUT2D eigenvalue weighted by molar-refractivity contribution is -0.118. The zero-order valence-corrected chi connectivity index (χ0v) is 11.4. The minimum atomic E-state index is 0.143. The van der Waals surface area contributed by atoms with Crippen molar-refractivity contribution in [3.8, 4) is 5.75 Å². The molecule has 0 spiro atoms. The zero-order valence-electron chi connectivity index (χ0n) is 11.4. The SMILES string of the molecule is CN(C(=O)CCC1CCNCC1)c1ccc(O)cc1. The summed E-state index contributed by atoms with van der Waals surface area (Å²) < 4.78 is 0. The molecule has 1 aromatic carbocycles. The molecule has 0 bridgehead atoms. The van der Waals surface area contributed by atoms with Gasteiger partial charge in [-0.05, 0) is 62.5 Å². The maximum atomic E-state index is 12.1. The quantitative estimate of drug-likeness (QED) is 0.874. The molecule has 104 valence electrons. The van der Waals surface area contributed by atoms with E-state index in [0.29, 0.717) is 12.3 Å². The molecular formula is C15H22N2O2. The Bertz CT molecular complexity index is 411. The first-order valence-corrected chi connectivity index (χ1v) is 6.93. The van der Waals surface area contributed by atoms with Gasteiger partial charge in [-0.1, -0.05) is 0 Å².